The van der Waals surface area contributed by atoms with Crippen LogP contribution in [0.4, 0.5) is 0 Å². The lowest BCUT2D eigenvalue weighted by atomic mass is 10.0. The van der Waals surface area contributed by atoms with Gasteiger partial charge in [0.2, 0.25) is 0 Å². The molecule has 2 aromatic carbocycles. The van der Waals surface area contributed by atoms with E-state index < -0.39 is 17.9 Å². The Balaban J connectivity index is 0.000000493. The molecule has 0 radical (unpaired) electrons. The number of aliphatic carboxylic acids is 3. The minimum absolute atomic E-state index is 0.115. The van der Waals surface area contributed by atoms with Crippen LogP contribution >= 0.6 is 11.6 Å². The summed E-state index contributed by atoms with van der Waals surface area (Å²) in [6, 6.07) is 18.0. The van der Waals surface area contributed by atoms with Gasteiger partial charge >= 0.3 is 17.9 Å². The third-order valence-corrected chi connectivity index (χ3v) is 5.69. The maximum atomic E-state index is 10.7. The monoisotopic (exact) mass is 518 g/mol. The van der Waals surface area contributed by atoms with Crippen molar-refractivity contribution in [2.45, 2.75) is 12.5 Å². The molecule has 0 aromatic heterocycles. The van der Waals surface area contributed by atoms with Gasteiger partial charge in [0, 0.05) is 56.4 Å². The smallest absolute Gasteiger partial charge is 0.328 e. The van der Waals surface area contributed by atoms with Gasteiger partial charge in [-0.2, -0.15) is 0 Å². The quantitative estimate of drug-likeness (QED) is 0.384. The highest BCUT2D eigenvalue weighted by Crippen LogP contribution is 2.27. The Morgan fingerprint density at radius 1 is 0.806 bits per heavy atom. The number of carboxylic acids is 3. The Labute approximate surface area is 215 Å². The fourth-order valence-electron chi connectivity index (χ4n) is 3.58. The number of halogens is 1. The van der Waals surface area contributed by atoms with Gasteiger partial charge < -0.3 is 25.0 Å². The third kappa shape index (κ3) is 11.5. The van der Waals surface area contributed by atoms with Gasteiger partial charge in [-0.3, -0.25) is 9.69 Å². The van der Waals surface area contributed by atoms with Gasteiger partial charge in [0.15, 0.2) is 0 Å². The van der Waals surface area contributed by atoms with E-state index in [2.05, 4.69) is 21.9 Å². The molecule has 1 saturated heterocycles. The molecule has 1 atom stereocenters. The Bertz CT molecular complexity index is 975. The third-order valence-electron chi connectivity index (χ3n) is 5.44. The lowest BCUT2D eigenvalue weighted by Gasteiger charge is -2.34. The van der Waals surface area contributed by atoms with Gasteiger partial charge in [-0.05, 0) is 23.3 Å². The molecule has 3 N–H and O–H groups in total. The first-order valence-electron chi connectivity index (χ1n) is 11.5. The van der Waals surface area contributed by atoms with E-state index in [4.69, 9.17) is 31.7 Å². The zero-order valence-electron chi connectivity index (χ0n) is 19.8. The fourth-order valence-corrected chi connectivity index (χ4v) is 3.71. The van der Waals surface area contributed by atoms with E-state index >= 15 is 0 Å². The topological polar surface area (TPSA) is 128 Å². The second-order valence-corrected chi connectivity index (χ2v) is 8.49. The normalized spacial score (nSPS) is 15.1. The summed E-state index contributed by atoms with van der Waals surface area (Å²) in [7, 11) is 0. The molecule has 0 saturated carbocycles. The lowest BCUT2D eigenvalue weighted by molar-refractivity contribution is -0.137. The standard InChI is InChI=1S/C22H27ClN2O3.C4H4O4/c23-20-8-6-19(7-9-20)22(18-4-2-1-3-5-18)28-17-16-25-14-12-24(13-15-25)11-10-21(26)27;5-3(6)1-2-4(7)8/h1-9,22H,10-17H2,(H,26,27);1-2H,(H,5,6)(H,7,8)/b;2-1-. The summed E-state index contributed by atoms with van der Waals surface area (Å²) in [6.45, 7) is 5.84. The first-order chi connectivity index (χ1) is 17.2. The van der Waals surface area contributed by atoms with Crippen molar-refractivity contribution in [3.8, 4) is 0 Å². The highest BCUT2D eigenvalue weighted by atomic mass is 35.5. The average Bonchev–Trinajstić information content (AvgIpc) is 2.86. The van der Waals surface area contributed by atoms with Crippen molar-refractivity contribution >= 4 is 29.5 Å². The number of carboxylic acid groups (broad SMARTS) is 3. The first kappa shape index (κ1) is 29.0. The van der Waals surface area contributed by atoms with Crippen molar-refractivity contribution in [2.24, 2.45) is 0 Å². The Morgan fingerprint density at radius 3 is 1.81 bits per heavy atom. The molecule has 0 amide bonds. The molecule has 0 bridgehead atoms. The fraction of sp³-hybridized carbons (Fsp3) is 0.346. The van der Waals surface area contributed by atoms with Crippen LogP contribution in [0.1, 0.15) is 23.7 Å². The molecule has 3 rings (SSSR count). The van der Waals surface area contributed by atoms with E-state index in [1.165, 1.54) is 0 Å². The predicted molar refractivity (Wildman–Crippen MR) is 135 cm³/mol. The van der Waals surface area contributed by atoms with Gasteiger partial charge in [-0.1, -0.05) is 54.1 Å². The minimum Gasteiger partial charge on any atom is -0.481 e. The van der Waals surface area contributed by atoms with E-state index in [1.807, 2.05) is 42.5 Å². The van der Waals surface area contributed by atoms with Crippen molar-refractivity contribution in [2.75, 3.05) is 45.9 Å². The maximum Gasteiger partial charge on any atom is 0.328 e. The number of rotatable bonds is 11. The van der Waals surface area contributed by atoms with Gasteiger partial charge in [0.25, 0.3) is 0 Å². The van der Waals surface area contributed by atoms with Crippen molar-refractivity contribution in [1.82, 2.24) is 9.80 Å². The summed E-state index contributed by atoms with van der Waals surface area (Å²) in [5.41, 5.74) is 2.22. The van der Waals surface area contributed by atoms with Gasteiger partial charge in [0.05, 0.1) is 13.0 Å². The van der Waals surface area contributed by atoms with Crippen LogP contribution in [0.15, 0.2) is 66.7 Å². The number of nitrogens with zero attached hydrogens (tertiary/aromatic N) is 2. The van der Waals surface area contributed by atoms with Crippen molar-refractivity contribution < 1.29 is 34.4 Å². The summed E-state index contributed by atoms with van der Waals surface area (Å²) >= 11 is 6.04. The highest BCUT2D eigenvalue weighted by Gasteiger charge is 2.19. The Kier molecular flexibility index (Phi) is 12.6. The Morgan fingerprint density at radius 2 is 1.31 bits per heavy atom. The molecule has 36 heavy (non-hydrogen) atoms. The van der Waals surface area contributed by atoms with Gasteiger partial charge in [-0.25, -0.2) is 9.59 Å². The molecule has 1 heterocycles. The van der Waals surface area contributed by atoms with Crippen molar-refractivity contribution in [3.05, 3.63) is 82.9 Å². The van der Waals surface area contributed by atoms with Crippen LogP contribution in [0.2, 0.25) is 5.02 Å². The van der Waals surface area contributed by atoms with Gasteiger partial charge in [-0.15, -0.1) is 0 Å². The summed E-state index contributed by atoms with van der Waals surface area (Å²) in [5.74, 6) is -3.25. The van der Waals surface area contributed by atoms with Crippen LogP contribution in [0.5, 0.6) is 0 Å². The summed E-state index contributed by atoms with van der Waals surface area (Å²) in [6.07, 6.45) is 1.21. The van der Waals surface area contributed by atoms with Crippen LogP contribution < -0.4 is 0 Å². The number of piperazine rings is 1. The van der Waals surface area contributed by atoms with Crippen molar-refractivity contribution in [1.29, 1.82) is 0 Å². The van der Waals surface area contributed by atoms with E-state index in [1.54, 1.807) is 0 Å². The van der Waals surface area contributed by atoms with Crippen LogP contribution in [-0.4, -0.2) is 88.9 Å². The molecule has 1 fully saturated rings. The molecule has 0 spiro atoms. The van der Waals surface area contributed by atoms with Crippen LogP contribution in [-0.2, 0) is 19.1 Å². The van der Waals surface area contributed by atoms with Crippen LogP contribution in [0, 0.1) is 0 Å². The lowest BCUT2D eigenvalue weighted by Crippen LogP contribution is -2.47. The van der Waals surface area contributed by atoms with Crippen molar-refractivity contribution in [3.63, 3.8) is 0 Å². The summed E-state index contributed by atoms with van der Waals surface area (Å²) in [5, 5.41) is 25.1. The average molecular weight is 519 g/mol. The second kappa shape index (κ2) is 15.7. The first-order valence-corrected chi connectivity index (χ1v) is 11.8. The molecule has 194 valence electrons. The van der Waals surface area contributed by atoms with E-state index in [0.29, 0.717) is 25.3 Å². The molecule has 10 heteroatoms. The zero-order chi connectivity index (χ0) is 26.3. The van der Waals surface area contributed by atoms with E-state index in [-0.39, 0.29) is 12.5 Å². The number of hydrogen-bond donors (Lipinski definition) is 3. The van der Waals surface area contributed by atoms with Crippen LogP contribution in [0.3, 0.4) is 0 Å². The zero-order valence-corrected chi connectivity index (χ0v) is 20.6. The molecule has 9 nitrogen and oxygen atoms in total. The number of carbonyl (C=O) groups is 3. The summed E-state index contributed by atoms with van der Waals surface area (Å²) in [4.78, 5) is 34.4. The highest BCUT2D eigenvalue weighted by molar-refractivity contribution is 6.30. The molecule has 2 aromatic rings. The second-order valence-electron chi connectivity index (χ2n) is 8.05. The molecule has 1 aliphatic rings. The Hall–Kier alpha value is -3.24. The number of hydrogen-bond acceptors (Lipinski definition) is 6. The summed E-state index contributed by atoms with van der Waals surface area (Å²) < 4.78 is 6.29. The minimum atomic E-state index is -1.26. The largest absolute Gasteiger partial charge is 0.481 e. The SMILES string of the molecule is O=C(O)/C=C\C(=O)O.O=C(O)CCN1CCN(CCOC(c2ccccc2)c2ccc(Cl)cc2)CC1. The number of benzene rings is 2. The van der Waals surface area contributed by atoms with Crippen LogP contribution in [0.25, 0.3) is 0 Å². The molecule has 0 aliphatic carbocycles. The molecular formula is C26H31ClN2O7. The number of ether oxygens (including phenoxy) is 1. The van der Waals surface area contributed by atoms with E-state index in [9.17, 15) is 14.4 Å². The molecule has 1 unspecified atom stereocenters. The predicted octanol–water partition coefficient (Wildman–Crippen LogP) is 3.25. The maximum absolute atomic E-state index is 10.7. The van der Waals surface area contributed by atoms with E-state index in [0.717, 1.165) is 48.9 Å². The molecular weight excluding hydrogens is 488 g/mol. The van der Waals surface area contributed by atoms with Gasteiger partial charge in [0.1, 0.15) is 6.10 Å². The molecule has 1 aliphatic heterocycles.